The van der Waals surface area contributed by atoms with Crippen molar-refractivity contribution in [3.8, 4) is 11.3 Å². The number of fused-ring (bicyclic) bond motifs is 3. The Morgan fingerprint density at radius 2 is 2.00 bits per heavy atom. The number of hydrogen-bond donors (Lipinski definition) is 2. The van der Waals surface area contributed by atoms with Crippen molar-refractivity contribution in [2.24, 2.45) is 0 Å². The van der Waals surface area contributed by atoms with E-state index < -0.39 is 0 Å². The molecule has 1 aromatic heterocycles. The third-order valence-corrected chi connectivity index (χ3v) is 6.02. The number of nitrogens with one attached hydrogen (secondary N) is 2. The van der Waals surface area contributed by atoms with E-state index in [1.807, 2.05) is 36.4 Å². The zero-order valence-electron chi connectivity index (χ0n) is 18.4. The van der Waals surface area contributed by atoms with Crippen LogP contribution in [0.5, 0.6) is 0 Å². The second-order valence-electron chi connectivity index (χ2n) is 8.26. The lowest BCUT2D eigenvalue weighted by atomic mass is 10.1. The maximum absolute atomic E-state index is 12.5. The van der Waals surface area contributed by atoms with Gasteiger partial charge in [0.2, 0.25) is 11.9 Å². The summed E-state index contributed by atoms with van der Waals surface area (Å²) in [5.74, 6) is 0.304. The van der Waals surface area contributed by atoms with E-state index in [0.29, 0.717) is 18.1 Å². The minimum atomic E-state index is -0.122. The Morgan fingerprint density at radius 3 is 2.79 bits per heavy atom. The van der Waals surface area contributed by atoms with Crippen molar-refractivity contribution in [1.82, 2.24) is 15.3 Å². The Labute approximate surface area is 192 Å². The number of ether oxygens (including phenoxy) is 1. The van der Waals surface area contributed by atoms with E-state index in [1.165, 1.54) is 0 Å². The highest BCUT2D eigenvalue weighted by Gasteiger charge is 2.24. The van der Waals surface area contributed by atoms with Gasteiger partial charge in [-0.2, -0.15) is 0 Å². The standard InChI is InChI=1S/C25H25N5O3/c1-30-21-7-3-2-6-20(21)23-17(13-22(30)31)14-27-25(29-23)28-18-10-8-16(9-11-18)24(32)26-15-19-5-4-12-33-19/h2-3,6-11,14,19H,4-5,12-13,15H2,1H3,(H,26,32)(H,27,28,29). The van der Waals surface area contributed by atoms with Gasteiger partial charge in [0, 0.05) is 48.8 Å². The van der Waals surface area contributed by atoms with Crippen LogP contribution in [0.15, 0.2) is 54.7 Å². The molecule has 8 nitrogen and oxygen atoms in total. The number of hydrogen-bond acceptors (Lipinski definition) is 6. The zero-order valence-corrected chi connectivity index (χ0v) is 18.4. The number of likely N-dealkylation sites (N-methyl/N-ethyl adjacent to an activating group) is 1. The Hall–Kier alpha value is -3.78. The molecule has 1 unspecified atom stereocenters. The number of amides is 2. The van der Waals surface area contributed by atoms with E-state index in [-0.39, 0.29) is 24.3 Å². The van der Waals surface area contributed by atoms with Crippen LogP contribution >= 0.6 is 0 Å². The monoisotopic (exact) mass is 443 g/mol. The van der Waals surface area contributed by atoms with E-state index >= 15 is 0 Å². The topological polar surface area (TPSA) is 96.5 Å². The van der Waals surface area contributed by atoms with Crippen molar-refractivity contribution in [3.05, 3.63) is 65.9 Å². The Balaban J connectivity index is 1.32. The van der Waals surface area contributed by atoms with Gasteiger partial charge in [0.1, 0.15) is 0 Å². The number of carbonyl (C=O) groups excluding carboxylic acids is 2. The molecule has 3 heterocycles. The van der Waals surface area contributed by atoms with Crippen molar-refractivity contribution in [2.75, 3.05) is 30.4 Å². The van der Waals surface area contributed by atoms with Crippen LogP contribution in [0.4, 0.5) is 17.3 Å². The largest absolute Gasteiger partial charge is 0.376 e. The molecular formula is C25H25N5O3. The van der Waals surface area contributed by atoms with Crippen LogP contribution in [-0.2, 0) is 16.0 Å². The highest BCUT2D eigenvalue weighted by atomic mass is 16.5. The number of rotatable bonds is 5. The molecular weight excluding hydrogens is 418 g/mol. The first-order valence-electron chi connectivity index (χ1n) is 11.1. The van der Waals surface area contributed by atoms with Crippen LogP contribution in [0.25, 0.3) is 11.3 Å². The average Bonchev–Trinajstić information content (AvgIpc) is 3.34. The molecule has 0 bridgehead atoms. The van der Waals surface area contributed by atoms with Crippen LogP contribution in [0.3, 0.4) is 0 Å². The smallest absolute Gasteiger partial charge is 0.251 e. The molecule has 1 fully saturated rings. The molecule has 2 aromatic carbocycles. The number of carbonyl (C=O) groups is 2. The van der Waals surface area contributed by atoms with Gasteiger partial charge in [0.15, 0.2) is 0 Å². The first-order chi connectivity index (χ1) is 16.1. The first kappa shape index (κ1) is 21.1. The summed E-state index contributed by atoms with van der Waals surface area (Å²) in [6, 6.07) is 14.9. The summed E-state index contributed by atoms with van der Waals surface area (Å²) in [6.45, 7) is 1.30. The van der Waals surface area contributed by atoms with Gasteiger partial charge in [-0.25, -0.2) is 9.97 Å². The van der Waals surface area contributed by atoms with E-state index in [2.05, 4.69) is 15.6 Å². The first-order valence-corrected chi connectivity index (χ1v) is 11.1. The number of aromatic nitrogens is 2. The lowest BCUT2D eigenvalue weighted by Gasteiger charge is -2.16. The predicted molar refractivity (Wildman–Crippen MR) is 126 cm³/mol. The second-order valence-corrected chi connectivity index (χ2v) is 8.26. The fraction of sp³-hybridized carbons (Fsp3) is 0.280. The number of para-hydroxylation sites is 1. The molecule has 0 aliphatic carbocycles. The molecule has 0 radical (unpaired) electrons. The lowest BCUT2D eigenvalue weighted by Crippen LogP contribution is -2.31. The van der Waals surface area contributed by atoms with E-state index in [9.17, 15) is 9.59 Å². The van der Waals surface area contributed by atoms with Crippen LogP contribution in [-0.4, -0.2) is 48.1 Å². The molecule has 3 aromatic rings. The molecule has 2 N–H and O–H groups in total. The molecule has 2 amide bonds. The average molecular weight is 444 g/mol. The second kappa shape index (κ2) is 8.99. The summed E-state index contributed by atoms with van der Waals surface area (Å²) in [6.07, 6.45) is 4.09. The Morgan fingerprint density at radius 1 is 1.18 bits per heavy atom. The normalized spacial score (nSPS) is 17.2. The quantitative estimate of drug-likeness (QED) is 0.628. The molecule has 1 saturated heterocycles. The molecule has 168 valence electrons. The summed E-state index contributed by atoms with van der Waals surface area (Å²) < 4.78 is 5.55. The van der Waals surface area contributed by atoms with Gasteiger partial charge in [-0.1, -0.05) is 18.2 Å². The highest BCUT2D eigenvalue weighted by molar-refractivity contribution is 6.01. The van der Waals surface area contributed by atoms with Gasteiger partial charge < -0.3 is 20.3 Å². The summed E-state index contributed by atoms with van der Waals surface area (Å²) in [7, 11) is 1.78. The summed E-state index contributed by atoms with van der Waals surface area (Å²) in [5.41, 5.74) is 4.60. The van der Waals surface area contributed by atoms with Crippen molar-refractivity contribution >= 4 is 29.1 Å². The SMILES string of the molecule is CN1C(=O)Cc2cnc(Nc3ccc(C(=O)NCC4CCCO4)cc3)nc2-c2ccccc21. The third-order valence-electron chi connectivity index (χ3n) is 6.02. The van der Waals surface area contributed by atoms with E-state index in [1.54, 1.807) is 30.3 Å². The van der Waals surface area contributed by atoms with Gasteiger partial charge in [-0.15, -0.1) is 0 Å². The molecule has 5 rings (SSSR count). The molecule has 33 heavy (non-hydrogen) atoms. The Bertz CT molecular complexity index is 1190. The maximum Gasteiger partial charge on any atom is 0.251 e. The fourth-order valence-corrected chi connectivity index (χ4v) is 4.16. The molecule has 0 saturated carbocycles. The van der Waals surface area contributed by atoms with E-state index in [0.717, 1.165) is 47.6 Å². The van der Waals surface area contributed by atoms with Crippen molar-refractivity contribution in [1.29, 1.82) is 0 Å². The van der Waals surface area contributed by atoms with Gasteiger partial charge in [-0.05, 0) is 43.2 Å². The van der Waals surface area contributed by atoms with Gasteiger partial charge in [0.25, 0.3) is 5.91 Å². The lowest BCUT2D eigenvalue weighted by molar-refractivity contribution is -0.117. The van der Waals surface area contributed by atoms with E-state index in [4.69, 9.17) is 9.72 Å². The number of anilines is 3. The van der Waals surface area contributed by atoms with Gasteiger partial charge >= 0.3 is 0 Å². The molecule has 1 atom stereocenters. The molecule has 2 aliphatic heterocycles. The minimum Gasteiger partial charge on any atom is -0.376 e. The van der Waals surface area contributed by atoms with Gasteiger partial charge in [0.05, 0.1) is 23.9 Å². The minimum absolute atomic E-state index is 0.00105. The zero-order chi connectivity index (χ0) is 22.8. The number of nitrogens with zero attached hydrogens (tertiary/aromatic N) is 3. The summed E-state index contributed by atoms with van der Waals surface area (Å²) in [5, 5.41) is 6.12. The number of benzene rings is 2. The van der Waals surface area contributed by atoms with Crippen LogP contribution < -0.4 is 15.5 Å². The third kappa shape index (κ3) is 4.42. The van der Waals surface area contributed by atoms with Gasteiger partial charge in [-0.3, -0.25) is 9.59 Å². The van der Waals surface area contributed by atoms with Crippen molar-refractivity contribution in [2.45, 2.75) is 25.4 Å². The molecule has 8 heteroatoms. The molecule has 2 aliphatic rings. The summed E-state index contributed by atoms with van der Waals surface area (Å²) in [4.78, 5) is 35.7. The fourth-order valence-electron chi connectivity index (χ4n) is 4.16. The maximum atomic E-state index is 12.5. The van der Waals surface area contributed by atoms with Crippen LogP contribution in [0.1, 0.15) is 28.8 Å². The van der Waals surface area contributed by atoms with Crippen LogP contribution in [0, 0.1) is 0 Å². The Kier molecular flexibility index (Phi) is 5.75. The molecule has 0 spiro atoms. The predicted octanol–water partition coefficient (Wildman–Crippen LogP) is 3.31. The van der Waals surface area contributed by atoms with Crippen molar-refractivity contribution in [3.63, 3.8) is 0 Å². The highest BCUT2D eigenvalue weighted by Crippen LogP contribution is 2.35. The van der Waals surface area contributed by atoms with Crippen molar-refractivity contribution < 1.29 is 14.3 Å². The summed E-state index contributed by atoms with van der Waals surface area (Å²) >= 11 is 0. The van der Waals surface area contributed by atoms with Crippen LogP contribution in [0.2, 0.25) is 0 Å².